The number of alkyl halides is 1. The summed E-state index contributed by atoms with van der Waals surface area (Å²) in [6.45, 7) is 4.13. The van der Waals surface area contributed by atoms with Crippen LogP contribution in [-0.2, 0) is 16.0 Å². The molecule has 2 atom stereocenters. The minimum Gasteiger partial charge on any atom is -0.447 e. The van der Waals surface area contributed by atoms with Crippen LogP contribution in [0.2, 0.25) is 0 Å². The minimum atomic E-state index is -0.541. The van der Waals surface area contributed by atoms with E-state index in [4.69, 9.17) is 4.74 Å². The second-order valence-corrected chi connectivity index (χ2v) is 6.26. The number of ether oxygens (including phenoxy) is 1. The summed E-state index contributed by atoms with van der Waals surface area (Å²) in [5, 5.41) is 0. The number of hydrogen-bond donors (Lipinski definition) is 0. The third-order valence-electron chi connectivity index (χ3n) is 3.33. The van der Waals surface area contributed by atoms with Crippen molar-refractivity contribution in [2.45, 2.75) is 31.1 Å². The molecule has 1 fully saturated rings. The molecule has 2 amide bonds. The fourth-order valence-electron chi connectivity index (χ4n) is 2.18. The highest BCUT2D eigenvalue weighted by Gasteiger charge is 2.40. The number of carbonyl (C=O) groups is 2. The van der Waals surface area contributed by atoms with Crippen LogP contribution in [0.5, 0.6) is 0 Å². The van der Waals surface area contributed by atoms with Crippen molar-refractivity contribution in [2.75, 3.05) is 6.61 Å². The molecule has 0 saturated carbocycles. The third kappa shape index (κ3) is 3.20. The number of cyclic esters (lactones) is 1. The van der Waals surface area contributed by atoms with Crippen LogP contribution in [0.15, 0.2) is 30.3 Å². The first kappa shape index (κ1) is 15.0. The average molecular weight is 340 g/mol. The molecule has 20 heavy (non-hydrogen) atoms. The molecular formula is C15H18BrNO3. The van der Waals surface area contributed by atoms with Gasteiger partial charge >= 0.3 is 6.09 Å². The number of halogens is 1. The number of carbonyl (C=O) groups excluding carboxylic acids is 2. The Bertz CT molecular complexity index is 489. The summed E-state index contributed by atoms with van der Waals surface area (Å²) < 4.78 is 5.05. The van der Waals surface area contributed by atoms with Gasteiger partial charge in [-0.15, -0.1) is 0 Å². The van der Waals surface area contributed by atoms with E-state index in [1.807, 2.05) is 44.2 Å². The van der Waals surface area contributed by atoms with E-state index in [9.17, 15) is 9.59 Å². The number of rotatable bonds is 4. The summed E-state index contributed by atoms with van der Waals surface area (Å²) in [7, 11) is 0. The van der Waals surface area contributed by atoms with Crippen molar-refractivity contribution in [1.29, 1.82) is 0 Å². The number of amides is 2. The Morgan fingerprint density at radius 3 is 2.65 bits per heavy atom. The van der Waals surface area contributed by atoms with Crippen LogP contribution in [0.25, 0.3) is 0 Å². The zero-order chi connectivity index (χ0) is 14.7. The molecule has 1 heterocycles. The highest BCUT2D eigenvalue weighted by atomic mass is 79.9. The largest absolute Gasteiger partial charge is 0.447 e. The Morgan fingerprint density at radius 1 is 1.40 bits per heavy atom. The van der Waals surface area contributed by atoms with E-state index in [1.54, 1.807) is 0 Å². The van der Waals surface area contributed by atoms with Crippen LogP contribution in [0.3, 0.4) is 0 Å². The predicted octanol–water partition coefficient (Wildman–Crippen LogP) is 3.00. The molecule has 0 aliphatic carbocycles. The molecule has 0 N–H and O–H groups in total. The van der Waals surface area contributed by atoms with Gasteiger partial charge in [0.15, 0.2) is 0 Å². The van der Waals surface area contributed by atoms with Gasteiger partial charge in [-0.05, 0) is 17.9 Å². The fourth-order valence-corrected chi connectivity index (χ4v) is 2.41. The zero-order valence-electron chi connectivity index (χ0n) is 11.6. The van der Waals surface area contributed by atoms with Crippen LogP contribution in [0, 0.1) is 5.92 Å². The van der Waals surface area contributed by atoms with Crippen LogP contribution in [-0.4, -0.2) is 34.4 Å². The summed E-state index contributed by atoms with van der Waals surface area (Å²) >= 11 is 3.36. The molecule has 1 aromatic rings. The van der Waals surface area contributed by atoms with Crippen molar-refractivity contribution < 1.29 is 14.3 Å². The van der Waals surface area contributed by atoms with Crippen molar-refractivity contribution in [3.05, 3.63) is 35.9 Å². The molecule has 0 radical (unpaired) electrons. The van der Waals surface area contributed by atoms with E-state index in [1.165, 1.54) is 4.90 Å². The Morgan fingerprint density at radius 2 is 2.05 bits per heavy atom. The van der Waals surface area contributed by atoms with E-state index in [0.717, 1.165) is 5.56 Å². The number of imide groups is 1. The van der Waals surface area contributed by atoms with E-state index in [0.29, 0.717) is 6.42 Å². The van der Waals surface area contributed by atoms with Crippen LogP contribution < -0.4 is 0 Å². The third-order valence-corrected chi connectivity index (χ3v) is 4.78. The van der Waals surface area contributed by atoms with Gasteiger partial charge in [0.25, 0.3) is 0 Å². The zero-order valence-corrected chi connectivity index (χ0v) is 13.2. The highest BCUT2D eigenvalue weighted by molar-refractivity contribution is 9.10. The lowest BCUT2D eigenvalue weighted by molar-refractivity contribution is -0.129. The SMILES string of the molecule is CC(C)[C@@H](Br)C(=O)N1C(=O)OC[C@@H]1Cc1ccccc1. The normalized spacial score (nSPS) is 20.1. The molecule has 4 nitrogen and oxygen atoms in total. The van der Waals surface area contributed by atoms with Gasteiger partial charge in [-0.3, -0.25) is 4.79 Å². The van der Waals surface area contributed by atoms with Gasteiger partial charge < -0.3 is 4.74 Å². The molecule has 1 saturated heterocycles. The summed E-state index contributed by atoms with van der Waals surface area (Å²) in [5.41, 5.74) is 1.09. The lowest BCUT2D eigenvalue weighted by Crippen LogP contribution is -2.45. The first-order valence-electron chi connectivity index (χ1n) is 6.68. The van der Waals surface area contributed by atoms with E-state index >= 15 is 0 Å². The van der Waals surface area contributed by atoms with E-state index in [-0.39, 0.29) is 29.3 Å². The number of benzene rings is 1. The van der Waals surface area contributed by atoms with Crippen LogP contribution in [0.4, 0.5) is 4.79 Å². The Kier molecular flexibility index (Phi) is 4.81. The molecule has 0 spiro atoms. The van der Waals surface area contributed by atoms with Gasteiger partial charge in [-0.2, -0.15) is 0 Å². The average Bonchev–Trinajstić information content (AvgIpc) is 2.79. The van der Waals surface area contributed by atoms with Gasteiger partial charge in [0.1, 0.15) is 6.61 Å². The van der Waals surface area contributed by atoms with Crippen molar-refractivity contribution in [1.82, 2.24) is 4.90 Å². The first-order valence-corrected chi connectivity index (χ1v) is 7.60. The van der Waals surface area contributed by atoms with Crippen molar-refractivity contribution in [3.8, 4) is 0 Å². The summed E-state index contributed by atoms with van der Waals surface area (Å²) in [5.74, 6) is -0.100. The number of nitrogens with zero attached hydrogens (tertiary/aromatic N) is 1. The van der Waals surface area contributed by atoms with Gasteiger partial charge in [0.2, 0.25) is 5.91 Å². The maximum Gasteiger partial charge on any atom is 0.417 e. The highest BCUT2D eigenvalue weighted by Crippen LogP contribution is 2.23. The second-order valence-electron chi connectivity index (χ2n) is 5.27. The smallest absolute Gasteiger partial charge is 0.417 e. The van der Waals surface area contributed by atoms with Gasteiger partial charge in [-0.25, -0.2) is 9.69 Å². The molecule has 2 rings (SSSR count). The molecule has 5 heteroatoms. The van der Waals surface area contributed by atoms with Crippen molar-refractivity contribution in [2.24, 2.45) is 5.92 Å². The molecule has 1 aromatic carbocycles. The Labute approximate surface area is 127 Å². The first-order chi connectivity index (χ1) is 9.50. The molecule has 0 aromatic heterocycles. The topological polar surface area (TPSA) is 46.6 Å². The van der Waals surface area contributed by atoms with E-state index < -0.39 is 6.09 Å². The minimum absolute atomic E-state index is 0.119. The quantitative estimate of drug-likeness (QED) is 0.792. The van der Waals surface area contributed by atoms with Gasteiger partial charge in [0.05, 0.1) is 10.9 Å². The number of hydrogen-bond acceptors (Lipinski definition) is 3. The molecule has 108 valence electrons. The lowest BCUT2D eigenvalue weighted by Gasteiger charge is -2.23. The Hall–Kier alpha value is -1.36. The Balaban J connectivity index is 2.13. The summed E-state index contributed by atoms with van der Waals surface area (Å²) in [6, 6.07) is 9.58. The van der Waals surface area contributed by atoms with Crippen LogP contribution in [0.1, 0.15) is 19.4 Å². The summed E-state index contributed by atoms with van der Waals surface area (Å²) in [4.78, 5) is 25.1. The van der Waals surface area contributed by atoms with Gasteiger partial charge in [-0.1, -0.05) is 60.1 Å². The van der Waals surface area contributed by atoms with Crippen LogP contribution >= 0.6 is 15.9 Å². The predicted molar refractivity (Wildman–Crippen MR) is 79.7 cm³/mol. The van der Waals surface area contributed by atoms with Crippen molar-refractivity contribution >= 4 is 27.9 Å². The molecule has 0 bridgehead atoms. The lowest BCUT2D eigenvalue weighted by atomic mass is 10.0. The van der Waals surface area contributed by atoms with Gasteiger partial charge in [0, 0.05) is 0 Å². The summed E-state index contributed by atoms with van der Waals surface area (Å²) in [6.07, 6.45) is 0.0805. The molecule has 1 aliphatic rings. The molecule has 1 aliphatic heterocycles. The molecular weight excluding hydrogens is 322 g/mol. The van der Waals surface area contributed by atoms with Crippen molar-refractivity contribution in [3.63, 3.8) is 0 Å². The maximum atomic E-state index is 12.4. The monoisotopic (exact) mass is 339 g/mol. The fraction of sp³-hybridized carbons (Fsp3) is 0.467. The standard InChI is InChI=1S/C15H18BrNO3/c1-10(2)13(16)14(18)17-12(9-20-15(17)19)8-11-6-4-3-5-7-11/h3-7,10,12-13H,8-9H2,1-2H3/t12-,13+/m0/s1. The van der Waals surface area contributed by atoms with E-state index in [2.05, 4.69) is 15.9 Å². The molecule has 0 unspecified atom stereocenters. The second kappa shape index (κ2) is 6.39. The maximum absolute atomic E-state index is 12.4.